The van der Waals surface area contributed by atoms with E-state index in [4.69, 9.17) is 25.4 Å². The first kappa shape index (κ1) is 26.7. The smallest absolute Gasteiger partial charge is 0.238 e. The Morgan fingerprint density at radius 1 is 1.32 bits per heavy atom. The number of aliphatic hydroxyl groups excluding tert-OH is 2. The Labute approximate surface area is 223 Å². The number of imidazole rings is 1. The minimum atomic E-state index is -1.28. The topological polar surface area (TPSA) is 141 Å². The second-order valence-electron chi connectivity index (χ2n) is 8.68. The predicted octanol–water partition coefficient (Wildman–Crippen LogP) is 3.98. The molecule has 198 valence electrons. The molecule has 2 aliphatic rings. The molecule has 2 aliphatic heterocycles. The summed E-state index contributed by atoms with van der Waals surface area (Å²) < 4.78 is 19.3. The number of benzene rings is 1. The Kier molecular flexibility index (Phi) is 8.57. The number of nitrogens with zero attached hydrogens (tertiary/aromatic N) is 4. The van der Waals surface area contributed by atoms with Crippen molar-refractivity contribution in [2.24, 2.45) is 0 Å². The minimum Gasteiger partial charge on any atom is -0.387 e. The lowest BCUT2D eigenvalue weighted by Gasteiger charge is -2.28. The average molecular weight is 568 g/mol. The molecule has 0 spiro atoms. The van der Waals surface area contributed by atoms with Crippen LogP contribution in [0.4, 0.5) is 5.82 Å². The molecule has 11 nitrogen and oxygen atoms in total. The molecule has 3 N–H and O–H groups in total. The summed E-state index contributed by atoms with van der Waals surface area (Å²) >= 11 is 7.73. The number of anilines is 1. The van der Waals surface area contributed by atoms with Gasteiger partial charge in [-0.25, -0.2) is 15.0 Å². The van der Waals surface area contributed by atoms with Crippen molar-refractivity contribution < 1.29 is 28.8 Å². The first-order valence-corrected chi connectivity index (χ1v) is 15.0. The normalized spacial score (nSPS) is 28.0. The van der Waals surface area contributed by atoms with Gasteiger partial charge in [0.1, 0.15) is 24.6 Å². The molecule has 0 saturated carbocycles. The van der Waals surface area contributed by atoms with E-state index in [2.05, 4.69) is 20.3 Å². The lowest BCUT2D eigenvalue weighted by atomic mass is 10.1. The van der Waals surface area contributed by atoms with Crippen molar-refractivity contribution in [3.05, 3.63) is 47.5 Å². The molecule has 37 heavy (non-hydrogen) atoms. The van der Waals surface area contributed by atoms with Crippen molar-refractivity contribution in [2.45, 2.75) is 56.0 Å². The van der Waals surface area contributed by atoms with Gasteiger partial charge in [-0.05, 0) is 30.5 Å². The number of carbonyl (C=O) groups excluding carboxylic acids is 1. The zero-order chi connectivity index (χ0) is 25.9. The van der Waals surface area contributed by atoms with Gasteiger partial charge in [0, 0.05) is 16.7 Å². The molecule has 0 bridgehead atoms. The monoisotopic (exact) mass is 567 g/mol. The number of hydrogen-bond acceptors (Lipinski definition) is 10. The molecular weight excluding hydrogens is 541 g/mol. The van der Waals surface area contributed by atoms with E-state index in [0.717, 1.165) is 12.0 Å². The molecule has 5 rings (SSSR count). The SMILES string of the molecule is CCCC(=O)Nc1ncnc2c1ncn2[C@@H]1O[C@H](COP2OCCC(c3cccc(Cl)c3)S2)[C@@H](O)[C@H]1O. The standard InChI is InChI=1S/C23H27ClN5O6PS/c1-2-4-17(30)28-21-18-22(26-11-25-21)29(12-27-18)23-20(32)19(31)15(35-23)10-34-36-33-8-7-16(37-36)13-5-3-6-14(24)9-13/h3,5-6,9,11-12,15-16,19-20,23,31-32H,2,4,7-8,10H2,1H3,(H,25,26,28,30)/t15-,16?,19-,20-,23-,36?/m1/s1. The van der Waals surface area contributed by atoms with Crippen LogP contribution in [0.3, 0.4) is 0 Å². The van der Waals surface area contributed by atoms with Crippen LogP contribution in [0.5, 0.6) is 0 Å². The molecule has 2 saturated heterocycles. The van der Waals surface area contributed by atoms with Gasteiger partial charge in [-0.1, -0.05) is 42.0 Å². The van der Waals surface area contributed by atoms with Gasteiger partial charge in [-0.15, -0.1) is 0 Å². The van der Waals surface area contributed by atoms with Gasteiger partial charge in [-0.2, -0.15) is 0 Å². The number of rotatable bonds is 8. The van der Waals surface area contributed by atoms with E-state index >= 15 is 0 Å². The molecule has 0 radical (unpaired) electrons. The van der Waals surface area contributed by atoms with Crippen molar-refractivity contribution in [3.63, 3.8) is 0 Å². The molecule has 2 aromatic heterocycles. The maximum absolute atomic E-state index is 12.0. The molecule has 14 heteroatoms. The fraction of sp³-hybridized carbons (Fsp3) is 0.478. The summed E-state index contributed by atoms with van der Waals surface area (Å²) in [4.78, 5) is 24.7. The molecule has 2 unspecified atom stereocenters. The van der Waals surface area contributed by atoms with Gasteiger partial charge in [0.2, 0.25) is 13.5 Å². The minimum absolute atomic E-state index is 0.0373. The number of hydrogen-bond donors (Lipinski definition) is 3. The molecule has 1 aromatic carbocycles. The third kappa shape index (κ3) is 5.91. The first-order valence-electron chi connectivity index (χ1n) is 11.9. The number of carbonyl (C=O) groups is 1. The summed E-state index contributed by atoms with van der Waals surface area (Å²) in [5.41, 5.74) is 1.84. The third-order valence-electron chi connectivity index (χ3n) is 6.06. The summed E-state index contributed by atoms with van der Waals surface area (Å²) in [7, 11) is -1.28. The van der Waals surface area contributed by atoms with Gasteiger partial charge in [0.25, 0.3) is 0 Å². The third-order valence-corrected chi connectivity index (χ3v) is 9.89. The molecule has 1 amide bonds. The number of amides is 1. The summed E-state index contributed by atoms with van der Waals surface area (Å²) in [6.07, 6.45) is 0.464. The molecule has 3 aromatic rings. The Morgan fingerprint density at radius 2 is 2.19 bits per heavy atom. The number of aromatic nitrogens is 4. The van der Waals surface area contributed by atoms with Gasteiger partial charge >= 0.3 is 0 Å². The highest BCUT2D eigenvalue weighted by Crippen LogP contribution is 2.62. The average Bonchev–Trinajstić information content (AvgIpc) is 3.44. The van der Waals surface area contributed by atoms with Gasteiger partial charge < -0.3 is 29.3 Å². The van der Waals surface area contributed by atoms with Crippen LogP contribution in [0.25, 0.3) is 11.2 Å². The molecule has 4 heterocycles. The Hall–Kier alpha value is -1.89. The van der Waals surface area contributed by atoms with Crippen LogP contribution in [0, 0.1) is 0 Å². The van der Waals surface area contributed by atoms with E-state index in [1.807, 2.05) is 31.2 Å². The number of nitrogens with one attached hydrogen (secondary N) is 1. The predicted molar refractivity (Wildman–Crippen MR) is 140 cm³/mol. The quantitative estimate of drug-likeness (QED) is 0.342. The lowest BCUT2D eigenvalue weighted by molar-refractivity contribution is -0.116. The van der Waals surface area contributed by atoms with Crippen molar-refractivity contribution in [1.82, 2.24) is 19.5 Å². The number of aliphatic hydroxyl groups is 2. The number of ether oxygens (including phenoxy) is 1. The Morgan fingerprint density at radius 3 is 3.00 bits per heavy atom. The van der Waals surface area contributed by atoms with Gasteiger partial charge in [0.05, 0.1) is 19.5 Å². The summed E-state index contributed by atoms with van der Waals surface area (Å²) in [6.45, 7) is 2.49. The highest BCUT2D eigenvalue weighted by atomic mass is 35.5. The number of halogens is 1. The van der Waals surface area contributed by atoms with Gasteiger partial charge in [-0.3, -0.25) is 9.36 Å². The molecule has 0 aliphatic carbocycles. The maximum Gasteiger partial charge on any atom is 0.238 e. The van der Waals surface area contributed by atoms with Gasteiger partial charge in [0.15, 0.2) is 23.2 Å². The van der Waals surface area contributed by atoms with Crippen LogP contribution in [-0.4, -0.2) is 67.2 Å². The lowest BCUT2D eigenvalue weighted by Crippen LogP contribution is -2.33. The largest absolute Gasteiger partial charge is 0.387 e. The first-order chi connectivity index (χ1) is 17.9. The van der Waals surface area contributed by atoms with Crippen LogP contribution in [0.1, 0.15) is 43.2 Å². The Balaban J connectivity index is 1.24. The number of fused-ring (bicyclic) bond motifs is 1. The second-order valence-corrected chi connectivity index (χ2v) is 12.4. The summed E-state index contributed by atoms with van der Waals surface area (Å²) in [5, 5.41) is 25.1. The highest BCUT2D eigenvalue weighted by Gasteiger charge is 2.45. The fourth-order valence-electron chi connectivity index (χ4n) is 4.21. The summed E-state index contributed by atoms with van der Waals surface area (Å²) in [6, 6.07) is 7.75. The van der Waals surface area contributed by atoms with E-state index in [1.54, 1.807) is 11.4 Å². The van der Waals surface area contributed by atoms with E-state index in [1.165, 1.54) is 17.2 Å². The van der Waals surface area contributed by atoms with Crippen LogP contribution in [0.15, 0.2) is 36.9 Å². The highest BCUT2D eigenvalue weighted by molar-refractivity contribution is 8.53. The van der Waals surface area contributed by atoms with Crippen molar-refractivity contribution in [2.75, 3.05) is 18.5 Å². The fourth-order valence-corrected chi connectivity index (χ4v) is 7.88. The molecular formula is C23H27ClN5O6PS. The zero-order valence-corrected chi connectivity index (χ0v) is 22.4. The van der Waals surface area contributed by atoms with Crippen molar-refractivity contribution in [3.8, 4) is 0 Å². The molecule has 2 fully saturated rings. The van der Waals surface area contributed by atoms with Crippen LogP contribution in [0.2, 0.25) is 5.02 Å². The van der Waals surface area contributed by atoms with E-state index in [0.29, 0.717) is 35.6 Å². The van der Waals surface area contributed by atoms with Crippen molar-refractivity contribution in [1.29, 1.82) is 0 Å². The maximum atomic E-state index is 12.0. The van der Waals surface area contributed by atoms with E-state index in [-0.39, 0.29) is 23.6 Å². The zero-order valence-electron chi connectivity index (χ0n) is 19.9. The van der Waals surface area contributed by atoms with E-state index < -0.39 is 32.1 Å². The molecule has 6 atom stereocenters. The van der Waals surface area contributed by atoms with Crippen LogP contribution in [-0.2, 0) is 18.6 Å². The van der Waals surface area contributed by atoms with Crippen molar-refractivity contribution >= 4 is 53.4 Å². The Bertz CT molecular complexity index is 1250. The summed E-state index contributed by atoms with van der Waals surface area (Å²) in [5.74, 6) is 0.0998. The van der Waals surface area contributed by atoms with E-state index in [9.17, 15) is 15.0 Å². The van der Waals surface area contributed by atoms with Crippen LogP contribution >= 0.6 is 30.6 Å². The van der Waals surface area contributed by atoms with Crippen LogP contribution < -0.4 is 5.32 Å². The second kappa shape index (κ2) is 11.9.